The predicted molar refractivity (Wildman–Crippen MR) is 59.6 cm³/mol. The second-order valence-corrected chi connectivity index (χ2v) is 5.60. The van der Waals surface area contributed by atoms with Gasteiger partial charge in [0.1, 0.15) is 36.6 Å². The summed E-state index contributed by atoms with van der Waals surface area (Å²) >= 11 is 0. The number of hydrogen-bond acceptors (Lipinski definition) is 6. The fraction of sp³-hybridized carbons (Fsp3) is 1.00. The molecule has 1 saturated heterocycles. The number of aliphatic hydroxyl groups is 4. The molecule has 0 aromatic rings. The van der Waals surface area contributed by atoms with Gasteiger partial charge in [-0.25, -0.2) is 0 Å². The maximum absolute atomic E-state index is 9.92. The summed E-state index contributed by atoms with van der Waals surface area (Å²) in [6.07, 6.45) is -2.24. The Morgan fingerprint density at radius 2 is 1.11 bits per heavy atom. The van der Waals surface area contributed by atoms with Crippen molar-refractivity contribution in [2.45, 2.75) is 74.5 Å². The van der Waals surface area contributed by atoms with Crippen molar-refractivity contribution < 1.29 is 29.9 Å². The van der Waals surface area contributed by atoms with E-state index in [0.717, 1.165) is 32.1 Å². The fourth-order valence-electron chi connectivity index (χ4n) is 3.30. The molecule has 3 fully saturated rings. The zero-order valence-corrected chi connectivity index (χ0v) is 10.1. The molecule has 0 aromatic heterocycles. The molecule has 2 saturated carbocycles. The minimum Gasteiger partial charge on any atom is -0.387 e. The first kappa shape index (κ1) is 12.8. The van der Waals surface area contributed by atoms with Crippen LogP contribution < -0.4 is 0 Å². The first-order valence-electron chi connectivity index (χ1n) is 6.62. The van der Waals surface area contributed by atoms with Gasteiger partial charge in [0, 0.05) is 12.8 Å². The normalized spacial score (nSPS) is 51.3. The molecule has 6 heteroatoms. The van der Waals surface area contributed by atoms with Crippen LogP contribution in [0.4, 0.5) is 0 Å². The standard InChI is InChI=1S/C12H20O6/c13-6-7(14)9(16)11-10(8(6)15)17-12(18-11)4-2-1-3-5-12/h6-11,13-16H,1-5H2/t6-,7-,8-,9-,10+,11+/m0/s1. The average Bonchev–Trinajstić information content (AvgIpc) is 2.74. The van der Waals surface area contributed by atoms with E-state index in [4.69, 9.17) is 9.47 Å². The summed E-state index contributed by atoms with van der Waals surface area (Å²) in [5, 5.41) is 39.2. The van der Waals surface area contributed by atoms with E-state index in [2.05, 4.69) is 0 Å². The Balaban J connectivity index is 1.82. The van der Waals surface area contributed by atoms with Crippen molar-refractivity contribution in [3.63, 3.8) is 0 Å². The Kier molecular flexibility index (Phi) is 3.12. The quantitative estimate of drug-likeness (QED) is 0.441. The molecule has 0 amide bonds. The summed E-state index contributed by atoms with van der Waals surface area (Å²) in [6, 6.07) is 0. The topological polar surface area (TPSA) is 99.4 Å². The molecule has 0 unspecified atom stereocenters. The van der Waals surface area contributed by atoms with Gasteiger partial charge < -0.3 is 29.9 Å². The van der Waals surface area contributed by atoms with E-state index in [1.165, 1.54) is 0 Å². The van der Waals surface area contributed by atoms with Gasteiger partial charge in [-0.15, -0.1) is 0 Å². The van der Waals surface area contributed by atoms with Crippen molar-refractivity contribution in [3.8, 4) is 0 Å². The van der Waals surface area contributed by atoms with Gasteiger partial charge in [0.25, 0.3) is 0 Å². The van der Waals surface area contributed by atoms with Crippen LogP contribution in [0.1, 0.15) is 32.1 Å². The molecule has 1 aliphatic heterocycles. The summed E-state index contributed by atoms with van der Waals surface area (Å²) in [4.78, 5) is 0. The maximum Gasteiger partial charge on any atom is 0.169 e. The molecule has 104 valence electrons. The van der Waals surface area contributed by atoms with E-state index in [9.17, 15) is 20.4 Å². The molecule has 0 bridgehead atoms. The summed E-state index contributed by atoms with van der Waals surface area (Å²) in [5.74, 6) is -0.751. The molecule has 18 heavy (non-hydrogen) atoms. The summed E-state index contributed by atoms with van der Waals surface area (Å²) in [6.45, 7) is 0. The molecule has 3 rings (SSSR count). The van der Waals surface area contributed by atoms with Gasteiger partial charge in [-0.05, 0) is 12.8 Å². The van der Waals surface area contributed by atoms with Crippen LogP contribution in [0.25, 0.3) is 0 Å². The summed E-state index contributed by atoms with van der Waals surface area (Å²) < 4.78 is 11.6. The summed E-state index contributed by atoms with van der Waals surface area (Å²) in [5.41, 5.74) is 0. The number of hydrogen-bond donors (Lipinski definition) is 4. The van der Waals surface area contributed by atoms with Crippen molar-refractivity contribution in [1.82, 2.24) is 0 Å². The number of fused-ring (bicyclic) bond motifs is 1. The van der Waals surface area contributed by atoms with Crippen LogP contribution in [0.2, 0.25) is 0 Å². The van der Waals surface area contributed by atoms with E-state index < -0.39 is 42.4 Å². The highest BCUT2D eigenvalue weighted by Crippen LogP contribution is 2.44. The van der Waals surface area contributed by atoms with Crippen molar-refractivity contribution in [1.29, 1.82) is 0 Å². The first-order chi connectivity index (χ1) is 8.54. The van der Waals surface area contributed by atoms with Gasteiger partial charge in [0.2, 0.25) is 0 Å². The molecule has 1 spiro atoms. The predicted octanol–water partition coefficient (Wildman–Crippen LogP) is -1.11. The van der Waals surface area contributed by atoms with E-state index in [1.54, 1.807) is 0 Å². The van der Waals surface area contributed by atoms with Crippen LogP contribution in [0.15, 0.2) is 0 Å². The second kappa shape index (κ2) is 4.40. The monoisotopic (exact) mass is 260 g/mol. The Morgan fingerprint density at radius 1 is 0.667 bits per heavy atom. The molecule has 4 N–H and O–H groups in total. The molecular weight excluding hydrogens is 240 g/mol. The van der Waals surface area contributed by atoms with Crippen molar-refractivity contribution in [3.05, 3.63) is 0 Å². The van der Waals surface area contributed by atoms with E-state index in [-0.39, 0.29) is 0 Å². The molecule has 2 aliphatic carbocycles. The number of ether oxygens (including phenoxy) is 2. The van der Waals surface area contributed by atoms with Gasteiger partial charge in [-0.2, -0.15) is 0 Å². The van der Waals surface area contributed by atoms with E-state index in [0.29, 0.717) is 0 Å². The van der Waals surface area contributed by atoms with Crippen LogP contribution >= 0.6 is 0 Å². The minimum atomic E-state index is -1.40. The molecule has 1 heterocycles. The van der Waals surface area contributed by atoms with Crippen LogP contribution in [0.5, 0.6) is 0 Å². The molecule has 6 nitrogen and oxygen atoms in total. The highest BCUT2D eigenvalue weighted by atomic mass is 16.8. The smallest absolute Gasteiger partial charge is 0.169 e. The third kappa shape index (κ3) is 1.79. The lowest BCUT2D eigenvalue weighted by molar-refractivity contribution is -0.203. The Bertz CT molecular complexity index is 292. The highest BCUT2D eigenvalue weighted by molar-refractivity contribution is 5.04. The van der Waals surface area contributed by atoms with Crippen molar-refractivity contribution in [2.75, 3.05) is 0 Å². The van der Waals surface area contributed by atoms with Crippen LogP contribution in [-0.4, -0.2) is 62.8 Å². The molecule has 6 atom stereocenters. The Labute approximate surface area is 105 Å². The van der Waals surface area contributed by atoms with Crippen molar-refractivity contribution >= 4 is 0 Å². The maximum atomic E-state index is 9.92. The van der Waals surface area contributed by atoms with E-state index in [1.807, 2.05) is 0 Å². The second-order valence-electron chi connectivity index (χ2n) is 5.60. The zero-order valence-electron chi connectivity index (χ0n) is 10.1. The van der Waals surface area contributed by atoms with Gasteiger partial charge in [0.05, 0.1) is 0 Å². The molecular formula is C12H20O6. The highest BCUT2D eigenvalue weighted by Gasteiger charge is 2.59. The molecule has 0 aromatic carbocycles. The van der Waals surface area contributed by atoms with Crippen LogP contribution in [0.3, 0.4) is 0 Å². The zero-order chi connectivity index (χ0) is 12.9. The fourth-order valence-corrected chi connectivity index (χ4v) is 3.30. The van der Waals surface area contributed by atoms with Crippen LogP contribution in [0, 0.1) is 0 Å². The van der Waals surface area contributed by atoms with Gasteiger partial charge in [-0.3, -0.25) is 0 Å². The van der Waals surface area contributed by atoms with Crippen LogP contribution in [-0.2, 0) is 9.47 Å². The SMILES string of the molecule is O[C@H]1[C@H](O)[C@H](O)[C@H]2OC3(CCCCC3)O[C@@H]2[C@H]1O. The Morgan fingerprint density at radius 3 is 1.56 bits per heavy atom. The lowest BCUT2D eigenvalue weighted by Crippen LogP contribution is -2.62. The first-order valence-corrected chi connectivity index (χ1v) is 6.62. The third-order valence-electron chi connectivity index (χ3n) is 4.36. The molecule has 3 aliphatic rings. The van der Waals surface area contributed by atoms with Gasteiger partial charge >= 0.3 is 0 Å². The Hall–Kier alpha value is -0.240. The third-order valence-corrected chi connectivity index (χ3v) is 4.36. The number of aliphatic hydroxyl groups excluding tert-OH is 4. The minimum absolute atomic E-state index is 0.728. The summed E-state index contributed by atoms with van der Waals surface area (Å²) in [7, 11) is 0. The molecule has 0 radical (unpaired) electrons. The lowest BCUT2D eigenvalue weighted by atomic mass is 9.85. The van der Waals surface area contributed by atoms with E-state index >= 15 is 0 Å². The average molecular weight is 260 g/mol. The lowest BCUT2D eigenvalue weighted by Gasteiger charge is -2.38. The largest absolute Gasteiger partial charge is 0.387 e. The number of rotatable bonds is 0. The van der Waals surface area contributed by atoms with Crippen molar-refractivity contribution in [2.24, 2.45) is 0 Å². The van der Waals surface area contributed by atoms with Gasteiger partial charge in [-0.1, -0.05) is 6.42 Å². The van der Waals surface area contributed by atoms with Gasteiger partial charge in [0.15, 0.2) is 5.79 Å².